The van der Waals surface area contributed by atoms with Crippen molar-refractivity contribution in [2.24, 2.45) is 17.8 Å². The predicted octanol–water partition coefficient (Wildman–Crippen LogP) is 2.40. The second-order valence-corrected chi connectivity index (χ2v) is 11.4. The number of fused-ring (bicyclic) bond motifs is 2. The summed E-state index contributed by atoms with van der Waals surface area (Å²) >= 11 is 1.53. The van der Waals surface area contributed by atoms with Gasteiger partial charge in [-0.3, -0.25) is 14.4 Å². The van der Waals surface area contributed by atoms with Crippen molar-refractivity contribution in [3.8, 4) is 0 Å². The average Bonchev–Trinajstić information content (AvgIpc) is 3.17. The second kappa shape index (κ2) is 9.47. The highest BCUT2D eigenvalue weighted by Gasteiger charge is 2.72. The van der Waals surface area contributed by atoms with Gasteiger partial charge in [-0.05, 0) is 11.5 Å². The molecule has 2 amide bonds. The number of amides is 2. The number of cyclic esters (lactones) is 1. The lowest BCUT2D eigenvalue weighted by molar-refractivity contribution is -0.152. The minimum Gasteiger partial charge on any atom is -0.461 e. The SMILES string of the molecule is CC[C@H](C)[C@H](CO)N1C(=O)[C@@H]2[C@H]3C(=O)OCC=C[C@H]3S[C@@]23C=CCN(Cc2ccccc2)C(=O)C13. The summed E-state index contributed by atoms with van der Waals surface area (Å²) in [6.07, 6.45) is 8.49. The Hall–Kier alpha value is -2.58. The van der Waals surface area contributed by atoms with Crippen LogP contribution in [-0.4, -0.2) is 74.5 Å². The lowest BCUT2D eigenvalue weighted by Crippen LogP contribution is -2.57. The van der Waals surface area contributed by atoms with E-state index < -0.39 is 34.6 Å². The summed E-state index contributed by atoms with van der Waals surface area (Å²) in [4.78, 5) is 44.9. The number of carbonyl (C=O) groups excluding carboxylic acids is 3. The Morgan fingerprint density at radius 3 is 2.66 bits per heavy atom. The Morgan fingerprint density at radius 1 is 1.17 bits per heavy atom. The molecule has 0 aliphatic carbocycles. The lowest BCUT2D eigenvalue weighted by Gasteiger charge is -2.40. The van der Waals surface area contributed by atoms with E-state index in [1.54, 1.807) is 9.80 Å². The van der Waals surface area contributed by atoms with Crippen molar-refractivity contribution in [2.45, 2.75) is 48.9 Å². The highest BCUT2D eigenvalue weighted by molar-refractivity contribution is 8.02. The fourth-order valence-corrected chi connectivity index (χ4v) is 8.06. The summed E-state index contributed by atoms with van der Waals surface area (Å²) < 4.78 is 4.53. The Balaban J connectivity index is 1.61. The van der Waals surface area contributed by atoms with Crippen LogP contribution >= 0.6 is 11.8 Å². The summed E-state index contributed by atoms with van der Waals surface area (Å²) in [5, 5.41) is 10.2. The van der Waals surface area contributed by atoms with Crippen LogP contribution in [0.3, 0.4) is 0 Å². The van der Waals surface area contributed by atoms with Gasteiger partial charge in [-0.25, -0.2) is 0 Å². The summed E-state index contributed by atoms with van der Waals surface area (Å²) in [5.41, 5.74) is 1.01. The summed E-state index contributed by atoms with van der Waals surface area (Å²) in [7, 11) is 0. The molecule has 0 radical (unpaired) electrons. The van der Waals surface area contributed by atoms with Crippen LogP contribution in [0, 0.1) is 17.8 Å². The topological polar surface area (TPSA) is 87.2 Å². The van der Waals surface area contributed by atoms with Crippen molar-refractivity contribution in [1.29, 1.82) is 0 Å². The van der Waals surface area contributed by atoms with Crippen molar-refractivity contribution in [3.05, 3.63) is 60.2 Å². The van der Waals surface area contributed by atoms with E-state index in [-0.39, 0.29) is 36.2 Å². The molecule has 35 heavy (non-hydrogen) atoms. The van der Waals surface area contributed by atoms with E-state index in [2.05, 4.69) is 0 Å². The number of carbonyl (C=O) groups is 3. The molecule has 0 bridgehead atoms. The number of nitrogens with zero attached hydrogens (tertiary/aromatic N) is 2. The van der Waals surface area contributed by atoms with E-state index in [9.17, 15) is 19.5 Å². The van der Waals surface area contributed by atoms with E-state index >= 15 is 0 Å². The van der Waals surface area contributed by atoms with E-state index in [0.717, 1.165) is 12.0 Å². The molecule has 1 spiro atoms. The van der Waals surface area contributed by atoms with Crippen molar-refractivity contribution in [1.82, 2.24) is 9.80 Å². The number of esters is 1. The van der Waals surface area contributed by atoms with Crippen LogP contribution in [0.2, 0.25) is 0 Å². The maximum absolute atomic E-state index is 14.3. The fraction of sp³-hybridized carbons (Fsp3) is 0.519. The molecule has 1 unspecified atom stereocenters. The number of hydrogen-bond donors (Lipinski definition) is 1. The summed E-state index contributed by atoms with van der Waals surface area (Å²) in [6, 6.07) is 8.49. The van der Waals surface area contributed by atoms with Crippen molar-refractivity contribution < 1.29 is 24.2 Å². The molecule has 7 atom stereocenters. The maximum Gasteiger partial charge on any atom is 0.311 e. The quantitative estimate of drug-likeness (QED) is 0.481. The van der Waals surface area contributed by atoms with Gasteiger partial charge in [-0.1, -0.05) is 74.9 Å². The first-order valence-corrected chi connectivity index (χ1v) is 13.3. The monoisotopic (exact) mass is 496 g/mol. The molecule has 4 heterocycles. The standard InChI is InChI=1S/C27H32N2O5S/c1-3-17(2)19(16-30)29-23-25(32)28(15-18-9-5-4-6-10-18)13-8-12-27(23)22(24(29)31)21-20(35-27)11-7-14-34-26(21)33/h4-12,17,19-23,30H,3,13-16H2,1-2H3/t17-,19-,20+,21-,22-,23?,27-/m0/s1. The first-order valence-electron chi connectivity index (χ1n) is 12.4. The Bertz CT molecular complexity index is 1060. The molecular formula is C27H32N2O5S. The Morgan fingerprint density at radius 2 is 1.94 bits per heavy atom. The second-order valence-electron chi connectivity index (χ2n) is 9.89. The highest BCUT2D eigenvalue weighted by atomic mass is 32.2. The zero-order valence-electron chi connectivity index (χ0n) is 20.1. The molecule has 1 N–H and O–H groups in total. The molecule has 5 rings (SSSR count). The predicted molar refractivity (Wildman–Crippen MR) is 133 cm³/mol. The van der Waals surface area contributed by atoms with Gasteiger partial charge in [0, 0.05) is 18.3 Å². The molecule has 0 saturated carbocycles. The normalized spacial score (nSPS) is 33.5. The van der Waals surface area contributed by atoms with Crippen LogP contribution in [-0.2, 0) is 25.7 Å². The van der Waals surface area contributed by atoms with E-state index in [1.165, 1.54) is 11.8 Å². The van der Waals surface area contributed by atoms with Crippen molar-refractivity contribution in [2.75, 3.05) is 19.8 Å². The molecule has 4 aliphatic rings. The molecule has 186 valence electrons. The number of rotatable bonds is 6. The largest absolute Gasteiger partial charge is 0.461 e. The number of ether oxygens (including phenoxy) is 1. The fourth-order valence-electron chi connectivity index (χ4n) is 6.07. The van der Waals surface area contributed by atoms with Gasteiger partial charge in [-0.2, -0.15) is 0 Å². The van der Waals surface area contributed by atoms with Gasteiger partial charge in [0.15, 0.2) is 0 Å². The molecule has 8 heteroatoms. The van der Waals surface area contributed by atoms with Gasteiger partial charge in [0.25, 0.3) is 0 Å². The van der Waals surface area contributed by atoms with Crippen LogP contribution in [0.1, 0.15) is 25.8 Å². The van der Waals surface area contributed by atoms with Crippen molar-refractivity contribution >= 4 is 29.5 Å². The highest BCUT2D eigenvalue weighted by Crippen LogP contribution is 2.61. The molecule has 2 fully saturated rings. The zero-order valence-corrected chi connectivity index (χ0v) is 20.9. The van der Waals surface area contributed by atoms with Crippen molar-refractivity contribution in [3.63, 3.8) is 0 Å². The Kier molecular flexibility index (Phi) is 6.53. The van der Waals surface area contributed by atoms with Crippen LogP contribution in [0.5, 0.6) is 0 Å². The maximum atomic E-state index is 14.3. The van der Waals surface area contributed by atoms with Gasteiger partial charge < -0.3 is 19.6 Å². The smallest absolute Gasteiger partial charge is 0.311 e. The van der Waals surface area contributed by atoms with E-state index in [1.807, 2.05) is 68.5 Å². The lowest BCUT2D eigenvalue weighted by atomic mass is 9.78. The molecule has 1 aromatic rings. The van der Waals surface area contributed by atoms with Gasteiger partial charge in [-0.15, -0.1) is 11.8 Å². The third kappa shape index (κ3) is 3.82. The first kappa shape index (κ1) is 24.1. The third-order valence-corrected chi connectivity index (χ3v) is 9.74. The minimum absolute atomic E-state index is 0.00999. The zero-order chi connectivity index (χ0) is 24.7. The van der Waals surface area contributed by atoms with E-state index in [4.69, 9.17) is 4.74 Å². The molecule has 0 aromatic heterocycles. The summed E-state index contributed by atoms with van der Waals surface area (Å²) in [5.74, 6) is -2.15. The Labute approximate surface area is 210 Å². The number of hydrogen-bond acceptors (Lipinski definition) is 6. The minimum atomic E-state index is -0.892. The first-order chi connectivity index (χ1) is 16.9. The van der Waals surface area contributed by atoms with E-state index in [0.29, 0.717) is 13.1 Å². The van der Waals surface area contributed by atoms with Crippen LogP contribution in [0.15, 0.2) is 54.6 Å². The molecular weight excluding hydrogens is 464 g/mol. The summed E-state index contributed by atoms with van der Waals surface area (Å²) in [6.45, 7) is 4.81. The van der Waals surface area contributed by atoms with Gasteiger partial charge in [0.2, 0.25) is 11.8 Å². The molecule has 2 saturated heterocycles. The number of likely N-dealkylation sites (tertiary alicyclic amines) is 1. The van der Waals surface area contributed by atoms with Crippen LogP contribution in [0.25, 0.3) is 0 Å². The molecule has 1 aromatic carbocycles. The van der Waals surface area contributed by atoms with Gasteiger partial charge in [0.1, 0.15) is 12.6 Å². The van der Waals surface area contributed by atoms with Crippen LogP contribution < -0.4 is 0 Å². The third-order valence-electron chi connectivity index (χ3n) is 8.00. The number of aliphatic hydroxyl groups is 1. The average molecular weight is 497 g/mol. The number of aliphatic hydroxyl groups excluding tert-OH is 1. The van der Waals surface area contributed by atoms with Gasteiger partial charge >= 0.3 is 5.97 Å². The number of thioether (sulfide) groups is 1. The molecule has 4 aliphatic heterocycles. The molecule has 7 nitrogen and oxygen atoms in total. The number of benzene rings is 1. The van der Waals surface area contributed by atoms with Crippen LogP contribution in [0.4, 0.5) is 0 Å². The van der Waals surface area contributed by atoms with Gasteiger partial charge in [0.05, 0.1) is 29.2 Å².